The van der Waals surface area contributed by atoms with Crippen molar-refractivity contribution in [3.63, 3.8) is 0 Å². The molecule has 3 atom stereocenters. The normalized spacial score (nSPS) is 32.0. The minimum absolute atomic E-state index is 0.230. The van der Waals surface area contributed by atoms with E-state index in [1.165, 1.54) is 6.42 Å². The summed E-state index contributed by atoms with van der Waals surface area (Å²) in [5.74, 6) is 2.74. The molecule has 0 saturated heterocycles. The van der Waals surface area contributed by atoms with Gasteiger partial charge < -0.3 is 10.4 Å². The van der Waals surface area contributed by atoms with Crippen LogP contribution in [0.1, 0.15) is 45.4 Å². The van der Waals surface area contributed by atoms with Gasteiger partial charge in [-0.15, -0.1) is 0 Å². The number of hydrogen-bond acceptors (Lipinski definition) is 2. The second-order valence-electron chi connectivity index (χ2n) is 5.84. The quantitative estimate of drug-likeness (QED) is 0.713. The number of aliphatic hydroxyl groups is 1. The molecule has 0 heterocycles. The summed E-state index contributed by atoms with van der Waals surface area (Å²) >= 11 is 0. The van der Waals surface area contributed by atoms with Crippen LogP contribution < -0.4 is 5.32 Å². The van der Waals surface area contributed by atoms with Crippen molar-refractivity contribution in [1.82, 2.24) is 5.32 Å². The molecule has 0 aliphatic heterocycles. The first-order valence-corrected chi connectivity index (χ1v) is 7.13. The van der Waals surface area contributed by atoms with Gasteiger partial charge in [0.1, 0.15) is 0 Å². The summed E-state index contributed by atoms with van der Waals surface area (Å²) in [7, 11) is 0. The molecule has 2 N–H and O–H groups in total. The molecule has 0 aromatic rings. The van der Waals surface area contributed by atoms with Crippen LogP contribution in [0.4, 0.5) is 0 Å². The second kappa shape index (κ2) is 5.85. The first-order valence-electron chi connectivity index (χ1n) is 7.13. The molecular weight excluding hydrogens is 214 g/mol. The highest BCUT2D eigenvalue weighted by molar-refractivity contribution is 5.79. The van der Waals surface area contributed by atoms with Crippen LogP contribution in [0.3, 0.4) is 0 Å². The molecule has 0 aromatic carbocycles. The van der Waals surface area contributed by atoms with Gasteiger partial charge in [-0.3, -0.25) is 4.79 Å². The van der Waals surface area contributed by atoms with Crippen LogP contribution in [0.15, 0.2) is 0 Å². The van der Waals surface area contributed by atoms with E-state index in [4.69, 9.17) is 5.11 Å². The first kappa shape index (κ1) is 12.9. The Morgan fingerprint density at radius 3 is 2.59 bits per heavy atom. The molecule has 0 radical (unpaired) electrons. The van der Waals surface area contributed by atoms with E-state index < -0.39 is 0 Å². The lowest BCUT2D eigenvalue weighted by Crippen LogP contribution is -2.34. The van der Waals surface area contributed by atoms with Crippen LogP contribution in [-0.2, 0) is 4.79 Å². The third-order valence-corrected chi connectivity index (χ3v) is 4.41. The van der Waals surface area contributed by atoms with Gasteiger partial charge in [-0.2, -0.15) is 0 Å². The smallest absolute Gasteiger partial charge is 0.223 e. The minimum atomic E-state index is 0.230. The predicted molar refractivity (Wildman–Crippen MR) is 67.4 cm³/mol. The third kappa shape index (κ3) is 3.44. The lowest BCUT2D eigenvalue weighted by atomic mass is 9.98. The molecule has 17 heavy (non-hydrogen) atoms. The molecule has 0 aromatic heterocycles. The van der Waals surface area contributed by atoms with Crippen LogP contribution in [0.5, 0.6) is 0 Å². The Morgan fingerprint density at radius 2 is 2.00 bits per heavy atom. The number of hydrogen-bond donors (Lipinski definition) is 2. The number of carbonyl (C=O) groups is 1. The summed E-state index contributed by atoms with van der Waals surface area (Å²) in [6.45, 7) is 3.13. The standard InChI is InChI=1S/C14H25NO2/c1-2-3-10(4-5-16)9-15-14(17)13-7-11-6-12(11)8-13/h10-13,16H,2-9H2,1H3,(H,15,17). The topological polar surface area (TPSA) is 49.3 Å². The maximum atomic E-state index is 12.0. The van der Waals surface area contributed by atoms with Crippen molar-refractivity contribution < 1.29 is 9.90 Å². The van der Waals surface area contributed by atoms with Crippen molar-refractivity contribution in [3.05, 3.63) is 0 Å². The largest absolute Gasteiger partial charge is 0.396 e. The zero-order chi connectivity index (χ0) is 12.3. The third-order valence-electron chi connectivity index (χ3n) is 4.41. The number of aliphatic hydroxyl groups excluding tert-OH is 1. The lowest BCUT2D eigenvalue weighted by molar-refractivity contribution is -0.125. The molecule has 1 amide bonds. The Bertz CT molecular complexity index is 251. The summed E-state index contributed by atoms with van der Waals surface area (Å²) in [6, 6.07) is 0. The highest BCUT2D eigenvalue weighted by Gasteiger charge is 2.47. The fourth-order valence-electron chi connectivity index (χ4n) is 3.26. The van der Waals surface area contributed by atoms with Crippen molar-refractivity contribution >= 4 is 5.91 Å². The molecule has 2 aliphatic carbocycles. The summed E-state index contributed by atoms with van der Waals surface area (Å²) in [5, 5.41) is 12.1. The molecular formula is C14H25NO2. The van der Waals surface area contributed by atoms with E-state index in [-0.39, 0.29) is 18.4 Å². The molecule has 2 aliphatic rings. The van der Waals surface area contributed by atoms with Crippen molar-refractivity contribution in [2.24, 2.45) is 23.7 Å². The number of rotatable bonds is 7. The maximum Gasteiger partial charge on any atom is 0.223 e. The maximum absolute atomic E-state index is 12.0. The van der Waals surface area contributed by atoms with Crippen LogP contribution in [0.25, 0.3) is 0 Å². The minimum Gasteiger partial charge on any atom is -0.396 e. The molecule has 0 spiro atoms. The number of carbonyl (C=O) groups excluding carboxylic acids is 1. The van der Waals surface area contributed by atoms with E-state index >= 15 is 0 Å². The van der Waals surface area contributed by atoms with Crippen LogP contribution in [0, 0.1) is 23.7 Å². The number of fused-ring (bicyclic) bond motifs is 1. The average molecular weight is 239 g/mol. The Labute approximate surface area is 104 Å². The average Bonchev–Trinajstić information content (AvgIpc) is 2.93. The zero-order valence-electron chi connectivity index (χ0n) is 10.8. The monoisotopic (exact) mass is 239 g/mol. The Balaban J connectivity index is 1.66. The summed E-state index contributed by atoms with van der Waals surface area (Å²) in [5.41, 5.74) is 0. The highest BCUT2D eigenvalue weighted by atomic mass is 16.3. The predicted octanol–water partition coefficient (Wildman–Crippen LogP) is 1.95. The van der Waals surface area contributed by atoms with Crippen LogP contribution >= 0.6 is 0 Å². The van der Waals surface area contributed by atoms with Gasteiger partial charge in [-0.1, -0.05) is 13.3 Å². The van der Waals surface area contributed by atoms with E-state index in [0.29, 0.717) is 5.92 Å². The van der Waals surface area contributed by atoms with Gasteiger partial charge >= 0.3 is 0 Å². The van der Waals surface area contributed by atoms with Crippen LogP contribution in [-0.4, -0.2) is 24.2 Å². The van der Waals surface area contributed by atoms with Crippen LogP contribution in [0.2, 0.25) is 0 Å². The van der Waals surface area contributed by atoms with E-state index in [1.54, 1.807) is 0 Å². The number of nitrogens with one attached hydrogen (secondary N) is 1. The van der Waals surface area contributed by atoms with Gasteiger partial charge in [0.2, 0.25) is 5.91 Å². The zero-order valence-corrected chi connectivity index (χ0v) is 10.8. The summed E-state index contributed by atoms with van der Waals surface area (Å²) < 4.78 is 0. The van der Waals surface area contributed by atoms with E-state index in [1.807, 2.05) is 0 Å². The molecule has 2 fully saturated rings. The summed E-state index contributed by atoms with van der Waals surface area (Å²) in [6.07, 6.45) is 6.63. The molecule has 98 valence electrons. The summed E-state index contributed by atoms with van der Waals surface area (Å²) in [4.78, 5) is 12.0. The van der Waals surface area contributed by atoms with Gasteiger partial charge in [0.15, 0.2) is 0 Å². The van der Waals surface area contributed by atoms with Crippen molar-refractivity contribution in [3.8, 4) is 0 Å². The molecule has 3 unspecified atom stereocenters. The Kier molecular flexibility index (Phi) is 4.43. The van der Waals surface area contributed by atoms with Crippen molar-refractivity contribution in [2.75, 3.05) is 13.2 Å². The van der Waals surface area contributed by atoms with Gasteiger partial charge in [-0.25, -0.2) is 0 Å². The Morgan fingerprint density at radius 1 is 1.29 bits per heavy atom. The second-order valence-corrected chi connectivity index (χ2v) is 5.84. The lowest BCUT2D eigenvalue weighted by Gasteiger charge is -2.18. The molecule has 0 bridgehead atoms. The van der Waals surface area contributed by atoms with Gasteiger partial charge in [-0.05, 0) is 49.9 Å². The van der Waals surface area contributed by atoms with E-state index in [2.05, 4.69) is 12.2 Å². The molecule has 2 rings (SSSR count). The van der Waals surface area contributed by atoms with Crippen molar-refractivity contribution in [2.45, 2.75) is 45.4 Å². The fraction of sp³-hybridized carbons (Fsp3) is 0.929. The first-order chi connectivity index (χ1) is 8.24. The van der Waals surface area contributed by atoms with E-state index in [9.17, 15) is 4.79 Å². The van der Waals surface area contributed by atoms with Gasteiger partial charge in [0, 0.05) is 19.1 Å². The molecule has 3 heteroatoms. The SMILES string of the molecule is CCCC(CCO)CNC(=O)C1CC2CC2C1. The van der Waals surface area contributed by atoms with E-state index in [0.717, 1.165) is 50.5 Å². The molecule has 3 nitrogen and oxygen atoms in total. The fourth-order valence-corrected chi connectivity index (χ4v) is 3.26. The Hall–Kier alpha value is -0.570. The van der Waals surface area contributed by atoms with Crippen molar-refractivity contribution in [1.29, 1.82) is 0 Å². The highest BCUT2D eigenvalue weighted by Crippen LogP contribution is 2.54. The van der Waals surface area contributed by atoms with Gasteiger partial charge in [0.25, 0.3) is 0 Å². The van der Waals surface area contributed by atoms with Gasteiger partial charge in [0.05, 0.1) is 0 Å². The number of amides is 1. The molecule has 2 saturated carbocycles.